The van der Waals surface area contributed by atoms with E-state index in [1.54, 1.807) is 18.2 Å². The van der Waals surface area contributed by atoms with Gasteiger partial charge in [0.05, 0.1) is 34.2 Å². The molecule has 356 valence electrons. The summed E-state index contributed by atoms with van der Waals surface area (Å²) in [7, 11) is 8.05. The Kier molecular flexibility index (Phi) is 12.4. The molecule has 0 radical (unpaired) electrons. The number of hydrogen-bond acceptors (Lipinski definition) is 8. The number of amides is 1. The van der Waals surface area contributed by atoms with Crippen molar-refractivity contribution in [2.24, 2.45) is 0 Å². The first-order valence-electron chi connectivity index (χ1n) is 24.1. The zero-order chi connectivity index (χ0) is 48.8. The third-order valence-corrected chi connectivity index (χ3v) is 17.6. The Morgan fingerprint density at radius 1 is 0.800 bits per heavy atom. The van der Waals surface area contributed by atoms with Crippen molar-refractivity contribution in [1.29, 1.82) is 0 Å². The standard InChI is InChI=1S/C56H59N9O4Si/c1-62(2)38-14-20-43-50(33-38)70(6,7)51-34-39(63(3)4)15-21-44(51)52(43)45-30-37(12-19-42(45)56(67)68)55(66)57-24-8-9-29-69-41-17-10-35(11-18-41)53-58-46-22-13-36(31-48(46)60-53)54-59-47-23-16-40(32-49(47)61-54)65-27-25-64(5)26-28-65/h10-23,30-34H,8-9,24-29H2,1-7H3,(H3-,57,58,59,60,61,66,67,68)/p+1. The number of benzene rings is 5. The fourth-order valence-electron chi connectivity index (χ4n) is 9.87. The van der Waals surface area contributed by atoms with Gasteiger partial charge in [0.15, 0.2) is 5.71 Å². The van der Waals surface area contributed by atoms with Crippen LogP contribution in [0.5, 0.6) is 5.75 Å². The molecule has 0 unspecified atom stereocenters. The molecule has 0 spiro atoms. The summed E-state index contributed by atoms with van der Waals surface area (Å²) in [5.74, 6) is 1.06. The predicted molar refractivity (Wildman–Crippen MR) is 285 cm³/mol. The Morgan fingerprint density at radius 2 is 1.50 bits per heavy atom. The second kappa shape index (κ2) is 18.7. The maximum atomic E-state index is 13.7. The number of H-pyrrole nitrogens is 2. The highest BCUT2D eigenvalue weighted by molar-refractivity contribution is 6.98. The minimum Gasteiger partial charge on any atom is -0.494 e. The monoisotopic (exact) mass is 950 g/mol. The maximum Gasteiger partial charge on any atom is 0.336 e. The molecule has 3 aliphatic rings. The van der Waals surface area contributed by atoms with Crippen LogP contribution in [0.15, 0.2) is 126 Å². The predicted octanol–water partition coefficient (Wildman–Crippen LogP) is 8.36. The summed E-state index contributed by atoms with van der Waals surface area (Å²) < 4.78 is 8.19. The molecule has 70 heavy (non-hydrogen) atoms. The average Bonchev–Trinajstić information content (AvgIpc) is 3.99. The van der Waals surface area contributed by atoms with E-state index in [4.69, 9.17) is 14.7 Å². The molecule has 4 heterocycles. The van der Waals surface area contributed by atoms with Gasteiger partial charge in [-0.2, -0.15) is 0 Å². The van der Waals surface area contributed by atoms with Crippen molar-refractivity contribution in [3.8, 4) is 28.5 Å². The molecule has 13 nitrogen and oxygen atoms in total. The van der Waals surface area contributed by atoms with Gasteiger partial charge in [-0.3, -0.25) is 4.79 Å². The topological polar surface area (TPSA) is 146 Å². The van der Waals surface area contributed by atoms with Gasteiger partial charge < -0.3 is 39.8 Å². The first-order valence-corrected chi connectivity index (χ1v) is 27.1. The number of hydrogen-bond donors (Lipinski definition) is 4. The lowest BCUT2D eigenvalue weighted by atomic mass is 9.86. The minimum atomic E-state index is -2.25. The van der Waals surface area contributed by atoms with Crippen molar-refractivity contribution >= 4 is 69.9 Å². The summed E-state index contributed by atoms with van der Waals surface area (Å²) in [6.07, 6.45) is 7.90. The molecule has 1 saturated heterocycles. The highest BCUT2D eigenvalue weighted by atomic mass is 28.3. The number of aromatic amines is 2. The number of carbonyl (C=O) groups excluding carboxylic acids is 1. The van der Waals surface area contributed by atoms with Crippen molar-refractivity contribution in [1.82, 2.24) is 30.2 Å². The number of anilines is 2. The Bertz CT molecular complexity index is 3330. The number of nitrogens with zero attached hydrogens (tertiary/aromatic N) is 6. The summed E-state index contributed by atoms with van der Waals surface area (Å²) in [6.45, 7) is 9.80. The number of nitrogens with one attached hydrogen (secondary N) is 3. The van der Waals surface area contributed by atoms with E-state index in [9.17, 15) is 14.7 Å². The van der Waals surface area contributed by atoms with Crippen LogP contribution in [0.25, 0.3) is 50.4 Å². The molecule has 2 aromatic heterocycles. The number of aromatic carboxylic acids is 1. The SMILES string of the molecule is CN1CCN(c2ccc3nc(-c4ccc5nc(-c6ccc(OCCCCNC(=O)c7ccc(C(=O)O)c(C8=C9C=CC(=[N+](C)C)C=C9[Si](C)(C)c9cc(N(C)C)ccc98)c7)cc6)[nH]c5c4)[nH]c3c2)CC1. The van der Waals surface area contributed by atoms with Gasteiger partial charge in [-0.05, 0) is 150 Å². The van der Waals surface area contributed by atoms with Crippen LogP contribution in [0, 0.1) is 0 Å². The zero-order valence-corrected chi connectivity index (χ0v) is 42.0. The molecule has 5 aromatic carbocycles. The van der Waals surface area contributed by atoms with E-state index in [-0.39, 0.29) is 11.5 Å². The smallest absolute Gasteiger partial charge is 0.336 e. The lowest BCUT2D eigenvalue weighted by Crippen LogP contribution is -2.49. The number of ether oxygens (including phenoxy) is 1. The summed E-state index contributed by atoms with van der Waals surface area (Å²) in [6, 6.07) is 31.9. The number of carbonyl (C=O) groups is 2. The molecule has 4 N–H and O–H groups in total. The molecule has 2 aliphatic heterocycles. The molecule has 7 aromatic rings. The number of imidazole rings is 2. The van der Waals surface area contributed by atoms with Crippen LogP contribution in [0.4, 0.5) is 11.4 Å². The van der Waals surface area contributed by atoms with Crippen LogP contribution in [-0.4, -0.2) is 135 Å². The van der Waals surface area contributed by atoms with Crippen LogP contribution in [0.1, 0.15) is 44.7 Å². The van der Waals surface area contributed by atoms with Gasteiger partial charge >= 0.3 is 5.97 Å². The lowest BCUT2D eigenvalue weighted by molar-refractivity contribution is -0.462. The Labute approximate surface area is 409 Å². The summed E-state index contributed by atoms with van der Waals surface area (Å²) in [5.41, 5.74) is 13.1. The Hall–Kier alpha value is -7.55. The third kappa shape index (κ3) is 8.96. The second-order valence-corrected chi connectivity index (χ2v) is 23.9. The number of unbranched alkanes of at least 4 members (excludes halogenated alkanes) is 1. The molecule has 0 bridgehead atoms. The van der Waals surface area contributed by atoms with Gasteiger partial charge in [0.2, 0.25) is 0 Å². The largest absolute Gasteiger partial charge is 0.494 e. The van der Waals surface area contributed by atoms with Crippen molar-refractivity contribution in [2.75, 3.05) is 84.4 Å². The van der Waals surface area contributed by atoms with E-state index >= 15 is 0 Å². The normalized spacial score (nSPS) is 15.5. The van der Waals surface area contributed by atoms with Gasteiger partial charge in [0, 0.05) is 87.0 Å². The van der Waals surface area contributed by atoms with E-state index in [0.717, 1.165) is 111 Å². The van der Waals surface area contributed by atoms with Gasteiger partial charge in [-0.1, -0.05) is 19.2 Å². The highest BCUT2D eigenvalue weighted by Crippen LogP contribution is 2.43. The number of carboxylic acid groups (broad SMARTS) is 1. The molecule has 1 amide bonds. The van der Waals surface area contributed by atoms with E-state index in [1.165, 1.54) is 16.1 Å². The molecule has 10 rings (SSSR count). The fraction of sp³-hybridized carbons (Fsp3) is 0.268. The van der Waals surface area contributed by atoms with Crippen molar-refractivity contribution in [3.63, 3.8) is 0 Å². The molecule has 1 aliphatic carbocycles. The lowest BCUT2D eigenvalue weighted by Gasteiger charge is -2.38. The number of allylic oxidation sites excluding steroid dienone is 5. The van der Waals surface area contributed by atoms with Crippen molar-refractivity contribution in [2.45, 2.75) is 25.9 Å². The van der Waals surface area contributed by atoms with E-state index < -0.39 is 14.0 Å². The number of aromatic nitrogens is 4. The number of fused-ring (bicyclic) bond motifs is 4. The van der Waals surface area contributed by atoms with E-state index in [0.29, 0.717) is 30.7 Å². The fourth-order valence-corrected chi connectivity index (χ4v) is 12.9. The highest BCUT2D eigenvalue weighted by Gasteiger charge is 2.41. The second-order valence-electron chi connectivity index (χ2n) is 19.5. The quantitative estimate of drug-likeness (QED) is 0.0509. The van der Waals surface area contributed by atoms with Crippen LogP contribution in [0.2, 0.25) is 13.1 Å². The van der Waals surface area contributed by atoms with Crippen LogP contribution in [0.3, 0.4) is 0 Å². The average molecular weight is 951 g/mol. The van der Waals surface area contributed by atoms with Crippen LogP contribution < -0.4 is 25.0 Å². The molecule has 0 atom stereocenters. The van der Waals surface area contributed by atoms with Crippen LogP contribution >= 0.6 is 0 Å². The van der Waals surface area contributed by atoms with Crippen molar-refractivity contribution in [3.05, 3.63) is 148 Å². The first-order chi connectivity index (χ1) is 33.7. The molecular weight excluding hydrogens is 891 g/mol. The number of carboxylic acids is 1. The Morgan fingerprint density at radius 3 is 2.21 bits per heavy atom. The number of likely N-dealkylation sites (N-methyl/N-ethyl adjacent to an activating group) is 1. The molecular formula is C56H60N9O4Si+. The summed E-state index contributed by atoms with van der Waals surface area (Å²) >= 11 is 0. The molecule has 14 heteroatoms. The van der Waals surface area contributed by atoms with Gasteiger partial charge in [0.25, 0.3) is 5.91 Å². The number of rotatable bonds is 13. The van der Waals surface area contributed by atoms with Gasteiger partial charge in [-0.15, -0.1) is 0 Å². The van der Waals surface area contributed by atoms with E-state index in [1.807, 2.05) is 58.5 Å². The molecule has 0 saturated carbocycles. The van der Waals surface area contributed by atoms with Gasteiger partial charge in [-0.25, -0.2) is 19.3 Å². The first kappa shape index (κ1) is 46.2. The summed E-state index contributed by atoms with van der Waals surface area (Å²) in [4.78, 5) is 50.3. The Balaban J connectivity index is 0.770. The maximum absolute atomic E-state index is 13.7. The number of piperazine rings is 1. The third-order valence-electron chi connectivity index (χ3n) is 14.0. The minimum absolute atomic E-state index is 0.157. The summed E-state index contributed by atoms with van der Waals surface area (Å²) in [5, 5.41) is 16.0. The van der Waals surface area contributed by atoms with E-state index in [2.05, 4.69) is 121 Å². The van der Waals surface area contributed by atoms with Gasteiger partial charge in [0.1, 0.15) is 39.6 Å². The van der Waals surface area contributed by atoms with Crippen molar-refractivity contribution < 1.29 is 24.0 Å². The molecule has 1 fully saturated rings. The zero-order valence-electron chi connectivity index (χ0n) is 41.0. The van der Waals surface area contributed by atoms with Crippen LogP contribution in [-0.2, 0) is 0 Å².